The summed E-state index contributed by atoms with van der Waals surface area (Å²) in [6.07, 6.45) is 4.34. The lowest BCUT2D eigenvalue weighted by atomic mass is 10.2. The average Bonchev–Trinajstić information content (AvgIpc) is 3.27. The summed E-state index contributed by atoms with van der Waals surface area (Å²) in [5, 5.41) is 19.3. The fraction of sp³-hybridized carbons (Fsp3) is 0.333. The molecule has 0 fully saturated rings. The fourth-order valence-corrected chi connectivity index (χ4v) is 2.74. The Labute approximate surface area is 155 Å². The van der Waals surface area contributed by atoms with Crippen molar-refractivity contribution in [1.82, 2.24) is 15.2 Å². The van der Waals surface area contributed by atoms with Gasteiger partial charge in [-0.1, -0.05) is 31.6 Å². The van der Waals surface area contributed by atoms with Gasteiger partial charge in [0, 0.05) is 5.56 Å². The number of aryl methyl sites for hydroxylation is 1. The molecule has 0 radical (unpaired) electrons. The largest absolute Gasteiger partial charge is 0.494 e. The molecule has 136 valence electrons. The Kier molecular flexibility index (Phi) is 5.96. The van der Waals surface area contributed by atoms with Crippen LogP contribution in [0.3, 0.4) is 0 Å². The Balaban J connectivity index is 1.71. The smallest absolute Gasteiger partial charge is 0.312 e. The molecule has 2 heterocycles. The third-order valence-corrected chi connectivity index (χ3v) is 4.53. The summed E-state index contributed by atoms with van der Waals surface area (Å²) < 4.78 is 11.0. The molecule has 0 aliphatic heterocycles. The van der Waals surface area contributed by atoms with Gasteiger partial charge in [-0.05, 0) is 37.1 Å². The van der Waals surface area contributed by atoms with Crippen molar-refractivity contribution >= 4 is 22.7 Å². The van der Waals surface area contributed by atoms with Gasteiger partial charge in [0.05, 0.1) is 12.8 Å². The number of aromatic nitrogens is 3. The van der Waals surface area contributed by atoms with E-state index in [0.717, 1.165) is 35.6 Å². The zero-order valence-corrected chi connectivity index (χ0v) is 15.5. The average molecular weight is 372 g/mol. The van der Waals surface area contributed by atoms with Gasteiger partial charge in [-0.2, -0.15) is 0 Å². The first-order chi connectivity index (χ1) is 12.7. The third-order valence-electron chi connectivity index (χ3n) is 3.56. The molecule has 0 spiro atoms. The van der Waals surface area contributed by atoms with Crippen LogP contribution in [0.4, 0.5) is 5.13 Å². The number of hydrogen-bond acceptors (Lipinski definition) is 8. The molecule has 0 aliphatic carbocycles. The maximum Gasteiger partial charge on any atom is 0.312 e. The molecule has 7 nitrogen and oxygen atoms in total. The van der Waals surface area contributed by atoms with Crippen LogP contribution in [0.1, 0.15) is 37.4 Å². The second-order valence-corrected chi connectivity index (χ2v) is 6.57. The van der Waals surface area contributed by atoms with Gasteiger partial charge < -0.3 is 14.3 Å². The minimum absolute atomic E-state index is 0.247. The van der Waals surface area contributed by atoms with Crippen LogP contribution in [0.15, 0.2) is 33.7 Å². The van der Waals surface area contributed by atoms with Crippen LogP contribution in [0.25, 0.3) is 11.5 Å². The van der Waals surface area contributed by atoms with Crippen LogP contribution in [-0.2, 0) is 6.42 Å². The van der Waals surface area contributed by atoms with Crippen LogP contribution in [-0.4, -0.2) is 33.1 Å². The molecule has 0 atom stereocenters. The highest BCUT2D eigenvalue weighted by atomic mass is 32.1. The van der Waals surface area contributed by atoms with E-state index < -0.39 is 0 Å². The standard InChI is InChI=1S/C18H20N4O3S/c1-3-5-10-24-13-8-6-12(7-9-13)16-20-14(17(23)25-16)11-19-18-22-21-15(4-2)26-18/h6-9,11,23H,3-5,10H2,1-2H3. The normalized spacial score (nSPS) is 11.3. The molecule has 1 aromatic carbocycles. The second kappa shape index (κ2) is 8.57. The minimum atomic E-state index is -0.285. The monoisotopic (exact) mass is 372 g/mol. The van der Waals surface area contributed by atoms with Crippen molar-refractivity contribution in [2.45, 2.75) is 33.1 Å². The van der Waals surface area contributed by atoms with E-state index >= 15 is 0 Å². The number of aliphatic imine (C=N–C) groups is 1. The van der Waals surface area contributed by atoms with Crippen molar-refractivity contribution in [3.8, 4) is 23.1 Å². The van der Waals surface area contributed by atoms with Gasteiger partial charge in [-0.15, -0.1) is 10.2 Å². The van der Waals surface area contributed by atoms with Crippen LogP contribution >= 0.6 is 11.3 Å². The summed E-state index contributed by atoms with van der Waals surface area (Å²) in [4.78, 5) is 8.46. The lowest BCUT2D eigenvalue weighted by Crippen LogP contribution is -1.95. The lowest BCUT2D eigenvalue weighted by Gasteiger charge is -2.05. The SMILES string of the molecule is CCCCOc1ccc(-c2nc(C=Nc3nnc(CC)s3)c(O)o2)cc1. The van der Waals surface area contributed by atoms with Crippen molar-refractivity contribution in [3.63, 3.8) is 0 Å². The number of aromatic hydroxyl groups is 1. The van der Waals surface area contributed by atoms with Gasteiger partial charge in [-0.3, -0.25) is 0 Å². The Morgan fingerprint density at radius 1 is 1.23 bits per heavy atom. The number of oxazole rings is 1. The van der Waals surface area contributed by atoms with E-state index in [4.69, 9.17) is 9.15 Å². The van der Waals surface area contributed by atoms with Gasteiger partial charge in [-0.25, -0.2) is 9.98 Å². The molecule has 0 amide bonds. The first kappa shape index (κ1) is 18.1. The summed E-state index contributed by atoms with van der Waals surface area (Å²) >= 11 is 1.40. The highest BCUT2D eigenvalue weighted by Crippen LogP contribution is 2.27. The third kappa shape index (κ3) is 4.45. The Morgan fingerprint density at radius 2 is 2.04 bits per heavy atom. The zero-order valence-electron chi connectivity index (χ0n) is 14.7. The van der Waals surface area contributed by atoms with Crippen molar-refractivity contribution in [2.24, 2.45) is 4.99 Å². The number of unbranched alkanes of at least 4 members (excludes halogenated alkanes) is 1. The fourth-order valence-electron chi connectivity index (χ4n) is 2.12. The van der Waals surface area contributed by atoms with Gasteiger partial charge in [0.1, 0.15) is 10.8 Å². The zero-order chi connectivity index (χ0) is 18.4. The van der Waals surface area contributed by atoms with E-state index in [1.165, 1.54) is 17.6 Å². The molecule has 0 bridgehead atoms. The predicted molar refractivity (Wildman–Crippen MR) is 101 cm³/mol. The predicted octanol–water partition coefficient (Wildman–Crippen LogP) is 4.39. The first-order valence-corrected chi connectivity index (χ1v) is 9.30. The van der Waals surface area contributed by atoms with E-state index in [1.54, 1.807) is 0 Å². The molecule has 0 saturated carbocycles. The van der Waals surface area contributed by atoms with E-state index in [9.17, 15) is 5.11 Å². The van der Waals surface area contributed by atoms with Crippen LogP contribution < -0.4 is 4.74 Å². The summed E-state index contributed by atoms with van der Waals surface area (Å²) in [5.41, 5.74) is 0.989. The molecule has 3 rings (SSSR count). The van der Waals surface area contributed by atoms with Gasteiger partial charge >= 0.3 is 5.95 Å². The van der Waals surface area contributed by atoms with Crippen LogP contribution in [0, 0.1) is 0 Å². The van der Waals surface area contributed by atoms with E-state index in [1.807, 2.05) is 31.2 Å². The summed E-state index contributed by atoms with van der Waals surface area (Å²) in [5.74, 6) is 0.825. The summed E-state index contributed by atoms with van der Waals surface area (Å²) in [6, 6.07) is 7.39. The maximum absolute atomic E-state index is 9.94. The molecule has 2 aromatic heterocycles. The number of hydrogen-bond donors (Lipinski definition) is 1. The van der Waals surface area contributed by atoms with Gasteiger partial charge in [0.15, 0.2) is 5.69 Å². The van der Waals surface area contributed by atoms with Crippen molar-refractivity contribution in [1.29, 1.82) is 0 Å². The van der Waals surface area contributed by atoms with Crippen molar-refractivity contribution in [3.05, 3.63) is 35.0 Å². The van der Waals surface area contributed by atoms with Crippen LogP contribution in [0.5, 0.6) is 11.7 Å². The molecule has 1 N–H and O–H groups in total. The summed E-state index contributed by atoms with van der Waals surface area (Å²) in [7, 11) is 0. The Morgan fingerprint density at radius 3 is 2.73 bits per heavy atom. The summed E-state index contributed by atoms with van der Waals surface area (Å²) in [6.45, 7) is 4.82. The van der Waals surface area contributed by atoms with Gasteiger partial charge in [0.2, 0.25) is 11.0 Å². The minimum Gasteiger partial charge on any atom is -0.494 e. The Bertz CT molecular complexity index is 871. The molecule has 26 heavy (non-hydrogen) atoms. The van der Waals surface area contributed by atoms with Crippen molar-refractivity contribution < 1.29 is 14.3 Å². The molecule has 0 aliphatic rings. The number of benzene rings is 1. The molecule has 8 heteroatoms. The maximum atomic E-state index is 9.94. The van der Waals surface area contributed by atoms with Crippen LogP contribution in [0.2, 0.25) is 0 Å². The van der Waals surface area contributed by atoms with Gasteiger partial charge in [0.25, 0.3) is 0 Å². The molecule has 0 saturated heterocycles. The quantitative estimate of drug-likeness (QED) is 0.465. The highest BCUT2D eigenvalue weighted by Gasteiger charge is 2.13. The Hall–Kier alpha value is -2.74. The number of nitrogens with zero attached hydrogens (tertiary/aromatic N) is 4. The first-order valence-electron chi connectivity index (χ1n) is 8.49. The second-order valence-electron chi connectivity index (χ2n) is 5.53. The van der Waals surface area contributed by atoms with E-state index in [2.05, 4.69) is 27.1 Å². The molecule has 0 unspecified atom stereocenters. The lowest BCUT2D eigenvalue weighted by molar-refractivity contribution is 0.309. The topological polar surface area (TPSA) is 93.6 Å². The number of ether oxygens (including phenoxy) is 1. The molecular weight excluding hydrogens is 352 g/mol. The molecule has 3 aromatic rings. The van der Waals surface area contributed by atoms with Crippen molar-refractivity contribution in [2.75, 3.05) is 6.61 Å². The highest BCUT2D eigenvalue weighted by molar-refractivity contribution is 7.14. The van der Waals surface area contributed by atoms with E-state index in [0.29, 0.717) is 17.6 Å². The number of rotatable bonds is 8. The van der Waals surface area contributed by atoms with E-state index in [-0.39, 0.29) is 11.6 Å². The molecular formula is C18H20N4O3S.